The van der Waals surface area contributed by atoms with E-state index in [0.29, 0.717) is 11.7 Å². The first-order valence-electron chi connectivity index (χ1n) is 11.6. The normalized spacial score (nSPS) is 25.4. The molecule has 0 aromatic heterocycles. The Labute approximate surface area is 174 Å². The van der Waals surface area contributed by atoms with E-state index in [1.807, 2.05) is 0 Å². The van der Waals surface area contributed by atoms with Crippen molar-refractivity contribution in [3.8, 4) is 0 Å². The Kier molecular flexibility index (Phi) is 7.08. The minimum Gasteiger partial charge on any atom is -0.299 e. The molecular weight excluding hydrogens is 357 g/mol. The molecule has 2 fully saturated rings. The second-order valence-electron chi connectivity index (χ2n) is 9.30. The van der Waals surface area contributed by atoms with E-state index in [4.69, 9.17) is 0 Å². The lowest BCUT2D eigenvalue weighted by molar-refractivity contribution is 0.335. The van der Waals surface area contributed by atoms with Crippen LogP contribution in [0, 0.1) is 0 Å². The van der Waals surface area contributed by atoms with Crippen LogP contribution in [0.5, 0.6) is 0 Å². The molecule has 3 aliphatic rings. The molecule has 0 heterocycles. The van der Waals surface area contributed by atoms with E-state index in [-0.39, 0.29) is 7.92 Å². The molecule has 1 nitrogen and oxygen atoms in total. The maximum absolute atomic E-state index is 2.60. The Morgan fingerprint density at radius 3 is 1.93 bits per heavy atom. The number of hydrogen-bond acceptors (Lipinski definition) is 1. The highest BCUT2D eigenvalue weighted by Gasteiger charge is 2.39. The maximum Gasteiger partial charge on any atom is 0.0568 e. The highest BCUT2D eigenvalue weighted by atomic mass is 31.1. The van der Waals surface area contributed by atoms with Gasteiger partial charge in [-0.15, -0.1) is 0 Å². The average molecular weight is 396 g/mol. The molecule has 0 saturated heterocycles. The van der Waals surface area contributed by atoms with Crippen molar-refractivity contribution < 1.29 is 0 Å². The fourth-order valence-corrected chi connectivity index (χ4v) is 10.2. The largest absolute Gasteiger partial charge is 0.299 e. The van der Waals surface area contributed by atoms with Crippen LogP contribution in [0.2, 0.25) is 0 Å². The zero-order valence-corrected chi connectivity index (χ0v) is 18.8. The molecule has 2 atom stereocenters. The van der Waals surface area contributed by atoms with Gasteiger partial charge in [0.15, 0.2) is 0 Å². The second-order valence-corrected chi connectivity index (χ2v) is 12.2. The fourth-order valence-electron chi connectivity index (χ4n) is 5.94. The minimum absolute atomic E-state index is 0.0332. The Bertz CT molecular complexity index is 647. The molecule has 2 heteroatoms. The van der Waals surface area contributed by atoms with Crippen molar-refractivity contribution in [2.75, 3.05) is 14.1 Å². The lowest BCUT2D eigenvalue weighted by Gasteiger charge is -2.44. The van der Waals surface area contributed by atoms with Crippen LogP contribution in [0.25, 0.3) is 0 Å². The van der Waals surface area contributed by atoms with Crippen molar-refractivity contribution in [2.45, 2.75) is 87.2 Å². The number of rotatable bonds is 6. The Morgan fingerprint density at radius 2 is 1.39 bits per heavy atom. The van der Waals surface area contributed by atoms with Crippen LogP contribution in [0.4, 0.5) is 0 Å². The van der Waals surface area contributed by atoms with Gasteiger partial charge in [0.2, 0.25) is 0 Å². The third-order valence-electron chi connectivity index (χ3n) is 7.18. The van der Waals surface area contributed by atoms with Gasteiger partial charge in [-0.1, -0.05) is 95.0 Å². The summed E-state index contributed by atoms with van der Waals surface area (Å²) in [6.07, 6.45) is 22.3. The lowest BCUT2D eigenvalue weighted by Crippen LogP contribution is -2.31. The van der Waals surface area contributed by atoms with E-state index < -0.39 is 0 Å². The van der Waals surface area contributed by atoms with E-state index in [1.54, 1.807) is 5.57 Å². The van der Waals surface area contributed by atoms with Gasteiger partial charge in [0.1, 0.15) is 0 Å². The summed E-state index contributed by atoms with van der Waals surface area (Å²) < 4.78 is 0. The van der Waals surface area contributed by atoms with Crippen LogP contribution >= 0.6 is 7.92 Å². The molecule has 0 bridgehead atoms. The van der Waals surface area contributed by atoms with Crippen molar-refractivity contribution >= 4 is 7.92 Å². The monoisotopic (exact) mass is 395 g/mol. The van der Waals surface area contributed by atoms with Gasteiger partial charge < -0.3 is 0 Å². The van der Waals surface area contributed by atoms with Gasteiger partial charge in [-0.2, -0.15) is 0 Å². The van der Waals surface area contributed by atoms with Crippen LogP contribution in [-0.2, 0) is 0 Å². The maximum atomic E-state index is 2.60. The number of allylic oxidation sites excluding steroid dienone is 3. The Balaban J connectivity index is 1.64. The van der Waals surface area contributed by atoms with Gasteiger partial charge in [-0.3, -0.25) is 4.90 Å². The summed E-state index contributed by atoms with van der Waals surface area (Å²) in [6.45, 7) is 0. The van der Waals surface area contributed by atoms with E-state index in [1.165, 1.54) is 69.8 Å². The molecule has 0 spiro atoms. The first-order chi connectivity index (χ1) is 13.8. The molecule has 1 aromatic rings. The van der Waals surface area contributed by atoms with Crippen molar-refractivity contribution in [2.24, 2.45) is 0 Å². The van der Waals surface area contributed by atoms with Gasteiger partial charge in [0, 0.05) is 5.66 Å². The first kappa shape index (κ1) is 20.4. The summed E-state index contributed by atoms with van der Waals surface area (Å²) in [5, 5.41) is 0. The van der Waals surface area contributed by atoms with Crippen LogP contribution in [-0.4, -0.2) is 36.0 Å². The number of nitrogens with zero attached hydrogens (tertiary/aromatic N) is 1. The van der Waals surface area contributed by atoms with Crippen molar-refractivity contribution in [1.82, 2.24) is 4.90 Å². The van der Waals surface area contributed by atoms with E-state index in [2.05, 4.69) is 67.6 Å². The van der Waals surface area contributed by atoms with Gasteiger partial charge in [0.05, 0.1) is 6.04 Å². The third kappa shape index (κ3) is 4.47. The molecule has 0 amide bonds. The predicted molar refractivity (Wildman–Crippen MR) is 125 cm³/mol. The van der Waals surface area contributed by atoms with E-state index in [9.17, 15) is 0 Å². The zero-order valence-electron chi connectivity index (χ0n) is 17.9. The molecule has 1 unspecified atom stereocenters. The third-order valence-corrected chi connectivity index (χ3v) is 11.0. The molecule has 1 aromatic carbocycles. The van der Waals surface area contributed by atoms with Crippen molar-refractivity contribution in [3.63, 3.8) is 0 Å². The van der Waals surface area contributed by atoms with Crippen LogP contribution < -0.4 is 0 Å². The Morgan fingerprint density at radius 1 is 0.821 bits per heavy atom. The van der Waals surface area contributed by atoms with Crippen LogP contribution in [0.15, 0.2) is 54.1 Å². The van der Waals surface area contributed by atoms with Crippen LogP contribution in [0.3, 0.4) is 0 Å². The SMILES string of the molecule is CN(C)[C@H](C1=CC=CC1P(C1CCCCC1)C1CCCCC1)c1ccccc1. The molecule has 28 heavy (non-hydrogen) atoms. The van der Waals surface area contributed by atoms with Crippen molar-refractivity contribution in [3.05, 3.63) is 59.7 Å². The molecule has 4 rings (SSSR count). The number of benzene rings is 1. The summed E-state index contributed by atoms with van der Waals surface area (Å²) in [5.41, 5.74) is 5.84. The van der Waals surface area contributed by atoms with Gasteiger partial charge in [-0.05, 0) is 62.2 Å². The first-order valence-corrected chi connectivity index (χ1v) is 13.2. The molecule has 0 N–H and O–H groups in total. The zero-order chi connectivity index (χ0) is 19.3. The summed E-state index contributed by atoms with van der Waals surface area (Å²) in [5.74, 6) is 0. The quantitative estimate of drug-likeness (QED) is 0.457. The summed E-state index contributed by atoms with van der Waals surface area (Å²) >= 11 is 0. The number of likely N-dealkylation sites (N-methyl/N-ethyl adjacent to an activating group) is 1. The van der Waals surface area contributed by atoms with Crippen LogP contribution in [0.1, 0.15) is 75.8 Å². The molecular formula is C26H38NP. The topological polar surface area (TPSA) is 3.24 Å². The highest BCUT2D eigenvalue weighted by Crippen LogP contribution is 2.62. The highest BCUT2D eigenvalue weighted by molar-refractivity contribution is 7.60. The summed E-state index contributed by atoms with van der Waals surface area (Å²) in [7, 11) is 4.56. The standard InChI is InChI=1S/C26H38NP/c1-27(2)26(21-13-6-3-7-14-21)24-19-12-20-25(24)28(22-15-8-4-9-16-22)23-17-10-5-11-18-23/h3,6-7,12-14,19-20,22-23,25-26H,4-5,8-11,15-18H2,1-2H3/t25?,26-/m0/s1. The molecule has 0 radical (unpaired) electrons. The predicted octanol–water partition coefficient (Wildman–Crippen LogP) is 7.30. The smallest absolute Gasteiger partial charge is 0.0568 e. The molecule has 3 aliphatic carbocycles. The van der Waals surface area contributed by atoms with Gasteiger partial charge in [-0.25, -0.2) is 0 Å². The second kappa shape index (κ2) is 9.73. The summed E-state index contributed by atoms with van der Waals surface area (Å²) in [6, 6.07) is 11.6. The van der Waals surface area contributed by atoms with E-state index >= 15 is 0 Å². The van der Waals surface area contributed by atoms with Crippen molar-refractivity contribution in [1.29, 1.82) is 0 Å². The number of hydrogen-bond donors (Lipinski definition) is 0. The van der Waals surface area contributed by atoms with Gasteiger partial charge >= 0.3 is 0 Å². The lowest BCUT2D eigenvalue weighted by atomic mass is 9.96. The summed E-state index contributed by atoms with van der Waals surface area (Å²) in [4.78, 5) is 2.44. The van der Waals surface area contributed by atoms with Gasteiger partial charge in [0.25, 0.3) is 0 Å². The average Bonchev–Trinajstić information content (AvgIpc) is 3.19. The molecule has 2 saturated carbocycles. The Hall–Kier alpha value is -0.910. The minimum atomic E-state index is 0.0332. The molecule has 152 valence electrons. The van der Waals surface area contributed by atoms with E-state index in [0.717, 1.165) is 11.3 Å². The molecule has 0 aliphatic heterocycles. The fraction of sp³-hybridized carbons (Fsp3) is 0.615.